The van der Waals surface area contributed by atoms with Gasteiger partial charge in [0.15, 0.2) is 0 Å². The monoisotopic (exact) mass is 338 g/mol. The summed E-state index contributed by atoms with van der Waals surface area (Å²) >= 11 is 6.04. The molecule has 0 saturated carbocycles. The maximum absolute atomic E-state index is 12.3. The van der Waals surface area contributed by atoms with Crippen LogP contribution >= 0.6 is 11.6 Å². The van der Waals surface area contributed by atoms with Crippen LogP contribution in [-0.4, -0.2) is 59.1 Å². The van der Waals surface area contributed by atoms with E-state index >= 15 is 0 Å². The molecule has 23 heavy (non-hydrogen) atoms. The highest BCUT2D eigenvalue weighted by Gasteiger charge is 2.36. The maximum atomic E-state index is 12.3. The van der Waals surface area contributed by atoms with Gasteiger partial charge in [0.25, 0.3) is 5.52 Å². The van der Waals surface area contributed by atoms with Crippen LogP contribution in [0.5, 0.6) is 0 Å². The zero-order valence-electron chi connectivity index (χ0n) is 12.9. The number of ether oxygens (including phenoxy) is 1. The molecule has 1 aromatic heterocycles. The number of halogens is 1. The molecule has 124 valence electrons. The molecule has 8 heteroatoms. The summed E-state index contributed by atoms with van der Waals surface area (Å²) in [4.78, 5) is 17.1. The molecule has 4 rings (SSSR count). The Bertz CT molecular complexity index is 746. The molecule has 1 N–H and O–H groups in total. The maximum Gasteiger partial charge on any atom is 0.250 e. The van der Waals surface area contributed by atoms with Crippen molar-refractivity contribution in [1.82, 2.24) is 19.7 Å². The summed E-state index contributed by atoms with van der Waals surface area (Å²) in [6.07, 6.45) is 2.41. The second-order valence-corrected chi connectivity index (χ2v) is 6.57. The van der Waals surface area contributed by atoms with Crippen LogP contribution in [0.2, 0.25) is 5.02 Å². The Hall–Kier alpha value is -1.41. The summed E-state index contributed by atoms with van der Waals surface area (Å²) in [6.45, 7) is 5.27. The van der Waals surface area contributed by atoms with Gasteiger partial charge < -0.3 is 4.74 Å². The third-order valence-corrected chi connectivity index (χ3v) is 4.92. The van der Waals surface area contributed by atoms with Gasteiger partial charge in [-0.1, -0.05) is 16.8 Å². The van der Waals surface area contributed by atoms with E-state index in [2.05, 4.69) is 15.0 Å². The molecular formula is C15H21ClN5O2+. The van der Waals surface area contributed by atoms with Gasteiger partial charge in [-0.25, -0.2) is 9.80 Å². The molecule has 2 aliphatic rings. The molecule has 0 bridgehead atoms. The zero-order chi connectivity index (χ0) is 15.8. The molecular weight excluding hydrogens is 318 g/mol. The predicted molar refractivity (Wildman–Crippen MR) is 86.9 cm³/mol. The molecule has 2 saturated heterocycles. The first-order chi connectivity index (χ1) is 11.2. The van der Waals surface area contributed by atoms with Crippen molar-refractivity contribution in [3.63, 3.8) is 0 Å². The highest BCUT2D eigenvalue weighted by atomic mass is 35.5. The van der Waals surface area contributed by atoms with E-state index in [-0.39, 0.29) is 6.29 Å². The van der Waals surface area contributed by atoms with Gasteiger partial charge in [-0.15, -0.1) is 4.68 Å². The fourth-order valence-corrected chi connectivity index (χ4v) is 3.75. The van der Waals surface area contributed by atoms with Crippen molar-refractivity contribution in [2.45, 2.75) is 19.1 Å². The number of benzene rings is 1. The summed E-state index contributed by atoms with van der Waals surface area (Å²) in [5, 5.41) is 3.52. The molecule has 2 fully saturated rings. The lowest BCUT2D eigenvalue weighted by Crippen LogP contribution is -2.49. The van der Waals surface area contributed by atoms with Crippen LogP contribution in [0.15, 0.2) is 18.2 Å². The lowest BCUT2D eigenvalue weighted by Gasteiger charge is -2.36. The lowest BCUT2D eigenvalue weighted by atomic mass is 10.3. The van der Waals surface area contributed by atoms with E-state index in [4.69, 9.17) is 16.3 Å². The molecule has 0 amide bonds. The Morgan fingerprint density at radius 3 is 2.57 bits per heavy atom. The van der Waals surface area contributed by atoms with Gasteiger partial charge >= 0.3 is 0 Å². The van der Waals surface area contributed by atoms with E-state index < -0.39 is 0 Å². The number of aromatic amines is 1. The van der Waals surface area contributed by atoms with Gasteiger partial charge in [0.05, 0.1) is 17.8 Å². The highest BCUT2D eigenvalue weighted by molar-refractivity contribution is 6.31. The molecule has 0 spiro atoms. The minimum Gasteiger partial charge on any atom is -0.379 e. The van der Waals surface area contributed by atoms with E-state index in [1.807, 2.05) is 16.8 Å². The Kier molecular flexibility index (Phi) is 4.11. The topological polar surface area (TPSA) is 59.4 Å². The first-order valence-electron chi connectivity index (χ1n) is 8.12. The largest absolute Gasteiger partial charge is 0.379 e. The van der Waals surface area contributed by atoms with E-state index in [0.717, 1.165) is 49.5 Å². The average Bonchev–Trinajstić information content (AvgIpc) is 3.19. The second kappa shape index (κ2) is 6.24. The van der Waals surface area contributed by atoms with Crippen molar-refractivity contribution in [1.29, 1.82) is 0 Å². The first kappa shape index (κ1) is 15.1. The number of H-pyrrole nitrogens is 1. The molecule has 0 aliphatic carbocycles. The standard InChI is InChI=1S/C15H21ClN5O2/c16-12-3-4-13-14(11-12)21(22)17-20(13)15(18-5-1-2-6-18)19-7-9-23-10-8-19/h3-4,11,15H,1-2,5-10H2,(H,17,22)/q+1. The first-order valence-corrected chi connectivity index (χ1v) is 8.50. The summed E-state index contributed by atoms with van der Waals surface area (Å²) in [6, 6.07) is 5.44. The average molecular weight is 339 g/mol. The molecule has 0 radical (unpaired) electrons. The SMILES string of the molecule is O=[n+]1[nH]n(C(N2CCCC2)N2CCOCC2)c2ccc(Cl)cc21. The van der Waals surface area contributed by atoms with Crippen LogP contribution in [0.3, 0.4) is 0 Å². The van der Waals surface area contributed by atoms with Gasteiger partial charge in [-0.3, -0.25) is 0 Å². The minimum absolute atomic E-state index is 0.0141. The number of nitrogens with one attached hydrogen (secondary N) is 1. The number of nitrogens with zero attached hydrogens (tertiary/aromatic N) is 4. The number of morpholine rings is 1. The van der Waals surface area contributed by atoms with Crippen molar-refractivity contribution in [3.05, 3.63) is 28.1 Å². The molecule has 2 aliphatic heterocycles. The Morgan fingerprint density at radius 1 is 1.13 bits per heavy atom. The van der Waals surface area contributed by atoms with Gasteiger partial charge in [-0.2, -0.15) is 0 Å². The number of fused-ring (bicyclic) bond motifs is 1. The van der Waals surface area contributed by atoms with Crippen LogP contribution in [0.25, 0.3) is 11.0 Å². The van der Waals surface area contributed by atoms with Crippen LogP contribution in [0.1, 0.15) is 19.1 Å². The second-order valence-electron chi connectivity index (χ2n) is 6.14. The molecule has 7 nitrogen and oxygen atoms in total. The molecule has 1 unspecified atom stereocenters. The Labute approximate surface area is 138 Å². The number of likely N-dealkylation sites (tertiary alicyclic amines) is 1. The van der Waals surface area contributed by atoms with E-state index in [1.165, 1.54) is 12.8 Å². The van der Waals surface area contributed by atoms with Crippen LogP contribution < -0.4 is 4.54 Å². The molecule has 2 aromatic rings. The van der Waals surface area contributed by atoms with E-state index in [0.29, 0.717) is 10.5 Å². The van der Waals surface area contributed by atoms with Gasteiger partial charge in [0.2, 0.25) is 11.8 Å². The van der Waals surface area contributed by atoms with Crippen molar-refractivity contribution in [3.8, 4) is 0 Å². The van der Waals surface area contributed by atoms with Crippen LogP contribution in [0.4, 0.5) is 0 Å². The van der Waals surface area contributed by atoms with Gasteiger partial charge in [0.1, 0.15) is 0 Å². The lowest BCUT2D eigenvalue weighted by molar-refractivity contribution is -0.542. The zero-order valence-corrected chi connectivity index (χ0v) is 13.7. The fraction of sp³-hybridized carbons (Fsp3) is 0.600. The van der Waals surface area contributed by atoms with Gasteiger partial charge in [0, 0.05) is 37.3 Å². The third kappa shape index (κ3) is 2.78. The molecule has 3 heterocycles. The van der Waals surface area contributed by atoms with Gasteiger partial charge in [-0.05, 0) is 29.9 Å². The highest BCUT2D eigenvalue weighted by Crippen LogP contribution is 2.27. The normalized spacial score (nSPS) is 22.0. The Morgan fingerprint density at radius 2 is 1.83 bits per heavy atom. The van der Waals surface area contributed by atoms with Crippen molar-refractivity contribution >= 4 is 22.6 Å². The third-order valence-electron chi connectivity index (χ3n) is 4.68. The van der Waals surface area contributed by atoms with Crippen molar-refractivity contribution < 1.29 is 9.28 Å². The number of aromatic nitrogens is 3. The summed E-state index contributed by atoms with van der Waals surface area (Å²) in [5.74, 6) is 0. The minimum atomic E-state index is 0.0141. The Balaban J connectivity index is 1.80. The molecule has 1 aromatic carbocycles. The smallest absolute Gasteiger partial charge is 0.250 e. The molecule has 1 atom stereocenters. The fourth-order valence-electron chi connectivity index (χ4n) is 3.58. The van der Waals surface area contributed by atoms with Crippen LogP contribution in [-0.2, 0) is 4.74 Å². The predicted octanol–water partition coefficient (Wildman–Crippen LogP) is 1.42. The van der Waals surface area contributed by atoms with E-state index in [9.17, 15) is 4.91 Å². The summed E-state index contributed by atoms with van der Waals surface area (Å²) in [7, 11) is 0. The van der Waals surface area contributed by atoms with Crippen molar-refractivity contribution in [2.24, 2.45) is 0 Å². The quantitative estimate of drug-likeness (QED) is 0.860. The van der Waals surface area contributed by atoms with Crippen molar-refractivity contribution in [2.75, 3.05) is 39.4 Å². The summed E-state index contributed by atoms with van der Waals surface area (Å²) in [5.41, 5.74) is 1.43. The number of hydrogen-bond donors (Lipinski definition) is 1. The summed E-state index contributed by atoms with van der Waals surface area (Å²) < 4.78 is 8.26. The number of rotatable bonds is 3. The number of hydrogen-bond acceptors (Lipinski definition) is 4. The van der Waals surface area contributed by atoms with Crippen LogP contribution in [0, 0.1) is 4.91 Å². The van der Waals surface area contributed by atoms with E-state index in [1.54, 1.807) is 6.07 Å².